The third kappa shape index (κ3) is 2.93. The van der Waals surface area contributed by atoms with E-state index < -0.39 is 0 Å². The van der Waals surface area contributed by atoms with Crippen LogP contribution in [0.4, 0.5) is 4.79 Å². The lowest BCUT2D eigenvalue weighted by Crippen LogP contribution is -2.44. The quantitative estimate of drug-likeness (QED) is 0.802. The molecule has 3 rings (SSSR count). The maximum absolute atomic E-state index is 11.9. The smallest absolute Gasteiger partial charge is 0.315 e. The summed E-state index contributed by atoms with van der Waals surface area (Å²) in [6.45, 7) is 1.99. The molecule has 5 heteroatoms. The number of para-hydroxylation sites is 1. The molecule has 2 amide bonds. The van der Waals surface area contributed by atoms with Crippen LogP contribution in [0.1, 0.15) is 18.4 Å². The van der Waals surface area contributed by atoms with Gasteiger partial charge in [-0.05, 0) is 24.5 Å². The van der Waals surface area contributed by atoms with Crippen LogP contribution in [-0.4, -0.2) is 30.3 Å². The summed E-state index contributed by atoms with van der Waals surface area (Å²) in [6, 6.07) is 8.20. The zero-order chi connectivity index (χ0) is 13.8. The molecule has 5 nitrogen and oxygen atoms in total. The van der Waals surface area contributed by atoms with Crippen LogP contribution in [0.25, 0.3) is 10.9 Å². The summed E-state index contributed by atoms with van der Waals surface area (Å²) < 4.78 is 5.27. The molecular formula is C15H19N3O2. The van der Waals surface area contributed by atoms with Crippen molar-refractivity contribution in [1.82, 2.24) is 15.6 Å². The number of carbonyl (C=O) groups excluding carboxylic acids is 1. The molecule has 1 saturated heterocycles. The van der Waals surface area contributed by atoms with Gasteiger partial charge in [0.1, 0.15) is 0 Å². The number of H-pyrrole nitrogens is 1. The van der Waals surface area contributed by atoms with E-state index in [1.807, 2.05) is 24.4 Å². The van der Waals surface area contributed by atoms with Gasteiger partial charge in [0, 0.05) is 42.9 Å². The van der Waals surface area contributed by atoms with Crippen molar-refractivity contribution in [2.75, 3.05) is 13.2 Å². The molecule has 0 aliphatic carbocycles. The number of carbonyl (C=O) groups is 1. The fourth-order valence-electron chi connectivity index (χ4n) is 2.53. The molecule has 0 radical (unpaired) electrons. The molecule has 106 valence electrons. The third-order valence-electron chi connectivity index (χ3n) is 3.67. The molecule has 1 fully saturated rings. The van der Waals surface area contributed by atoms with Gasteiger partial charge in [0.15, 0.2) is 0 Å². The molecule has 0 unspecified atom stereocenters. The van der Waals surface area contributed by atoms with E-state index in [9.17, 15) is 4.79 Å². The van der Waals surface area contributed by atoms with Gasteiger partial charge in [0.25, 0.3) is 0 Å². The van der Waals surface area contributed by atoms with E-state index in [2.05, 4.69) is 21.7 Å². The van der Waals surface area contributed by atoms with Crippen LogP contribution in [0.5, 0.6) is 0 Å². The fourth-order valence-corrected chi connectivity index (χ4v) is 2.53. The Balaban J connectivity index is 1.54. The van der Waals surface area contributed by atoms with Crippen molar-refractivity contribution in [3.8, 4) is 0 Å². The Kier molecular flexibility index (Phi) is 3.87. The minimum atomic E-state index is -0.109. The number of urea groups is 1. The minimum absolute atomic E-state index is 0.109. The van der Waals surface area contributed by atoms with Crippen LogP contribution in [0.3, 0.4) is 0 Å². The second-order valence-electron chi connectivity index (χ2n) is 5.07. The number of benzene rings is 1. The van der Waals surface area contributed by atoms with Crippen molar-refractivity contribution in [3.05, 3.63) is 36.0 Å². The first-order chi connectivity index (χ1) is 9.83. The number of aromatic nitrogens is 1. The molecule has 0 saturated carbocycles. The maximum atomic E-state index is 11.9. The number of hydrogen-bond acceptors (Lipinski definition) is 2. The summed E-state index contributed by atoms with van der Waals surface area (Å²) in [5.74, 6) is 0. The standard InChI is InChI=1S/C15H19N3O2/c19-15(18-12-5-7-20-8-6-12)17-10-11-9-16-14-4-2-1-3-13(11)14/h1-4,9,12,16H,5-8,10H2,(H2,17,18,19). The van der Waals surface area contributed by atoms with Crippen LogP contribution in [0.2, 0.25) is 0 Å². The lowest BCUT2D eigenvalue weighted by molar-refractivity contribution is 0.0801. The lowest BCUT2D eigenvalue weighted by atomic mass is 10.1. The molecule has 0 bridgehead atoms. The highest BCUT2D eigenvalue weighted by molar-refractivity contribution is 5.83. The largest absolute Gasteiger partial charge is 0.381 e. The molecule has 1 aromatic carbocycles. The second kappa shape index (κ2) is 5.96. The highest BCUT2D eigenvalue weighted by Gasteiger charge is 2.15. The first-order valence-electron chi connectivity index (χ1n) is 7.00. The maximum Gasteiger partial charge on any atom is 0.315 e. The summed E-state index contributed by atoms with van der Waals surface area (Å²) in [7, 11) is 0. The average molecular weight is 273 g/mol. The number of fused-ring (bicyclic) bond motifs is 1. The Bertz CT molecular complexity index is 588. The number of rotatable bonds is 3. The molecule has 2 heterocycles. The van der Waals surface area contributed by atoms with Crippen molar-refractivity contribution in [3.63, 3.8) is 0 Å². The van der Waals surface area contributed by atoms with Gasteiger partial charge in [-0.3, -0.25) is 0 Å². The Labute approximate surface area is 117 Å². The van der Waals surface area contributed by atoms with Crippen molar-refractivity contribution < 1.29 is 9.53 Å². The molecular weight excluding hydrogens is 254 g/mol. The summed E-state index contributed by atoms with van der Waals surface area (Å²) in [4.78, 5) is 15.1. The number of ether oxygens (including phenoxy) is 1. The topological polar surface area (TPSA) is 66.2 Å². The Hall–Kier alpha value is -2.01. The van der Waals surface area contributed by atoms with E-state index in [4.69, 9.17) is 4.74 Å². The predicted octanol–water partition coefficient (Wildman–Crippen LogP) is 2.15. The summed E-state index contributed by atoms with van der Waals surface area (Å²) in [5, 5.41) is 7.05. The molecule has 3 N–H and O–H groups in total. The Morgan fingerprint density at radius 2 is 2.10 bits per heavy atom. The molecule has 2 aromatic rings. The molecule has 1 aromatic heterocycles. The second-order valence-corrected chi connectivity index (χ2v) is 5.07. The third-order valence-corrected chi connectivity index (χ3v) is 3.67. The van der Waals surface area contributed by atoms with Crippen molar-refractivity contribution in [2.24, 2.45) is 0 Å². The minimum Gasteiger partial charge on any atom is -0.381 e. The number of hydrogen-bond donors (Lipinski definition) is 3. The normalized spacial score (nSPS) is 16.2. The van der Waals surface area contributed by atoms with Gasteiger partial charge in [0.2, 0.25) is 0 Å². The Morgan fingerprint density at radius 3 is 2.95 bits per heavy atom. The number of aromatic amines is 1. The zero-order valence-electron chi connectivity index (χ0n) is 11.3. The molecule has 20 heavy (non-hydrogen) atoms. The van der Waals surface area contributed by atoms with Crippen molar-refractivity contribution in [1.29, 1.82) is 0 Å². The van der Waals surface area contributed by atoms with Crippen LogP contribution >= 0.6 is 0 Å². The van der Waals surface area contributed by atoms with E-state index >= 15 is 0 Å². The van der Waals surface area contributed by atoms with Crippen LogP contribution < -0.4 is 10.6 Å². The molecule has 0 atom stereocenters. The predicted molar refractivity (Wildman–Crippen MR) is 77.5 cm³/mol. The summed E-state index contributed by atoms with van der Waals surface area (Å²) in [5.41, 5.74) is 2.19. The van der Waals surface area contributed by atoms with Gasteiger partial charge in [-0.1, -0.05) is 18.2 Å². The van der Waals surface area contributed by atoms with Gasteiger partial charge in [-0.2, -0.15) is 0 Å². The molecule has 1 aliphatic rings. The zero-order valence-corrected chi connectivity index (χ0v) is 11.3. The van der Waals surface area contributed by atoms with Gasteiger partial charge in [-0.25, -0.2) is 4.79 Å². The van der Waals surface area contributed by atoms with Crippen LogP contribution in [0.15, 0.2) is 30.5 Å². The van der Waals surface area contributed by atoms with Crippen LogP contribution in [0, 0.1) is 0 Å². The van der Waals surface area contributed by atoms with E-state index in [0.29, 0.717) is 6.54 Å². The summed E-state index contributed by atoms with van der Waals surface area (Å²) >= 11 is 0. The summed E-state index contributed by atoms with van der Waals surface area (Å²) in [6.07, 6.45) is 3.72. The lowest BCUT2D eigenvalue weighted by Gasteiger charge is -2.23. The van der Waals surface area contributed by atoms with Crippen LogP contribution in [-0.2, 0) is 11.3 Å². The molecule has 0 spiro atoms. The molecule has 1 aliphatic heterocycles. The van der Waals surface area contributed by atoms with Crippen molar-refractivity contribution in [2.45, 2.75) is 25.4 Å². The van der Waals surface area contributed by atoms with Gasteiger partial charge < -0.3 is 20.4 Å². The van der Waals surface area contributed by atoms with Gasteiger partial charge >= 0.3 is 6.03 Å². The number of nitrogens with one attached hydrogen (secondary N) is 3. The van der Waals surface area contributed by atoms with Gasteiger partial charge in [0.05, 0.1) is 0 Å². The van der Waals surface area contributed by atoms with E-state index in [-0.39, 0.29) is 12.1 Å². The van der Waals surface area contributed by atoms with E-state index in [0.717, 1.165) is 42.5 Å². The Morgan fingerprint density at radius 1 is 1.30 bits per heavy atom. The monoisotopic (exact) mass is 273 g/mol. The van der Waals surface area contributed by atoms with E-state index in [1.165, 1.54) is 0 Å². The van der Waals surface area contributed by atoms with E-state index in [1.54, 1.807) is 0 Å². The first kappa shape index (κ1) is 13.0. The van der Waals surface area contributed by atoms with Gasteiger partial charge in [-0.15, -0.1) is 0 Å². The average Bonchev–Trinajstić information content (AvgIpc) is 2.89. The number of amides is 2. The SMILES string of the molecule is O=C(NCc1c[nH]c2ccccc12)NC1CCOCC1. The first-order valence-corrected chi connectivity index (χ1v) is 7.00. The highest BCUT2D eigenvalue weighted by Crippen LogP contribution is 2.17. The highest BCUT2D eigenvalue weighted by atomic mass is 16.5. The van der Waals surface area contributed by atoms with Crippen molar-refractivity contribution >= 4 is 16.9 Å². The fraction of sp³-hybridized carbons (Fsp3) is 0.400.